The fourth-order valence-electron chi connectivity index (χ4n) is 2.25. The van der Waals surface area contributed by atoms with Crippen molar-refractivity contribution >= 4 is 27.5 Å². The van der Waals surface area contributed by atoms with E-state index in [-0.39, 0.29) is 5.91 Å². The Morgan fingerprint density at radius 1 is 1.26 bits per heavy atom. The molecule has 0 atom stereocenters. The van der Waals surface area contributed by atoms with Crippen LogP contribution in [-0.4, -0.2) is 24.4 Å². The zero-order valence-corrected chi connectivity index (χ0v) is 14.7. The largest absolute Gasteiger partial charge is 0.325 e. The summed E-state index contributed by atoms with van der Waals surface area (Å²) in [5, 5.41) is 11.7. The molecule has 0 aliphatic rings. The second kappa shape index (κ2) is 7.91. The maximum atomic E-state index is 12.1. The van der Waals surface area contributed by atoms with Crippen molar-refractivity contribution in [3.8, 4) is 6.07 Å². The van der Waals surface area contributed by atoms with Gasteiger partial charge in [-0.25, -0.2) is 0 Å². The third-order valence-corrected chi connectivity index (χ3v) is 3.90. The zero-order valence-electron chi connectivity index (χ0n) is 13.1. The second-order valence-corrected chi connectivity index (χ2v) is 6.40. The number of nitrogens with zero attached hydrogens (tertiary/aromatic N) is 2. The number of nitriles is 1. The molecular formula is C18H18BrN3O. The van der Waals surface area contributed by atoms with Gasteiger partial charge in [0, 0.05) is 16.7 Å². The number of benzene rings is 2. The number of carbonyl (C=O) groups is 1. The predicted molar refractivity (Wildman–Crippen MR) is 95.0 cm³/mol. The number of rotatable bonds is 5. The van der Waals surface area contributed by atoms with Crippen LogP contribution in [0.15, 0.2) is 46.9 Å². The molecule has 0 spiro atoms. The minimum absolute atomic E-state index is 0.0495. The first kappa shape index (κ1) is 17.2. The van der Waals surface area contributed by atoms with E-state index >= 15 is 0 Å². The van der Waals surface area contributed by atoms with Gasteiger partial charge < -0.3 is 5.32 Å². The number of nitrogens with one attached hydrogen (secondary N) is 1. The van der Waals surface area contributed by atoms with Crippen molar-refractivity contribution in [2.45, 2.75) is 13.5 Å². The van der Waals surface area contributed by atoms with E-state index in [1.54, 1.807) is 12.1 Å². The molecule has 0 saturated heterocycles. The van der Waals surface area contributed by atoms with Gasteiger partial charge in [-0.3, -0.25) is 9.69 Å². The number of amides is 1. The molecule has 2 aromatic rings. The summed E-state index contributed by atoms with van der Waals surface area (Å²) in [5.41, 5.74) is 3.55. The average Bonchev–Trinajstić information content (AvgIpc) is 2.50. The maximum Gasteiger partial charge on any atom is 0.238 e. The number of hydrogen-bond acceptors (Lipinski definition) is 3. The molecule has 0 heterocycles. The molecular weight excluding hydrogens is 354 g/mol. The summed E-state index contributed by atoms with van der Waals surface area (Å²) in [4.78, 5) is 14.1. The molecule has 0 bridgehead atoms. The summed E-state index contributed by atoms with van der Waals surface area (Å²) in [6, 6.07) is 15.2. The molecule has 1 amide bonds. The van der Waals surface area contributed by atoms with Gasteiger partial charge >= 0.3 is 0 Å². The van der Waals surface area contributed by atoms with E-state index in [0.29, 0.717) is 18.7 Å². The highest BCUT2D eigenvalue weighted by Crippen LogP contribution is 2.20. The van der Waals surface area contributed by atoms with Gasteiger partial charge in [-0.15, -0.1) is 0 Å². The first-order valence-electron chi connectivity index (χ1n) is 7.21. The minimum Gasteiger partial charge on any atom is -0.325 e. The zero-order chi connectivity index (χ0) is 16.8. The lowest BCUT2D eigenvalue weighted by molar-refractivity contribution is -0.117. The van der Waals surface area contributed by atoms with Gasteiger partial charge in [0.2, 0.25) is 5.91 Å². The van der Waals surface area contributed by atoms with Crippen molar-refractivity contribution in [2.24, 2.45) is 0 Å². The molecule has 0 unspecified atom stereocenters. The lowest BCUT2D eigenvalue weighted by Gasteiger charge is -2.17. The summed E-state index contributed by atoms with van der Waals surface area (Å²) in [5.74, 6) is -0.0495. The first-order chi connectivity index (χ1) is 11.0. The van der Waals surface area contributed by atoms with Crippen molar-refractivity contribution in [1.82, 2.24) is 4.90 Å². The van der Waals surface area contributed by atoms with Crippen LogP contribution in [0.1, 0.15) is 16.7 Å². The monoisotopic (exact) mass is 371 g/mol. The highest BCUT2D eigenvalue weighted by atomic mass is 79.9. The van der Waals surface area contributed by atoms with Crippen molar-refractivity contribution in [2.75, 3.05) is 18.9 Å². The Balaban J connectivity index is 1.90. The van der Waals surface area contributed by atoms with Crippen LogP contribution in [-0.2, 0) is 11.3 Å². The molecule has 2 rings (SSSR count). The number of likely N-dealkylation sites (N-methyl/N-ethyl adjacent to an activating group) is 1. The van der Waals surface area contributed by atoms with Crippen LogP contribution in [0.3, 0.4) is 0 Å². The van der Waals surface area contributed by atoms with Gasteiger partial charge in [-0.05, 0) is 55.4 Å². The van der Waals surface area contributed by atoms with Crippen LogP contribution in [0.5, 0.6) is 0 Å². The Kier molecular flexibility index (Phi) is 5.91. The summed E-state index contributed by atoms with van der Waals surface area (Å²) >= 11 is 3.41. The van der Waals surface area contributed by atoms with Gasteiger partial charge in [0.05, 0.1) is 18.2 Å². The molecule has 0 radical (unpaired) electrons. The van der Waals surface area contributed by atoms with Gasteiger partial charge in [-0.2, -0.15) is 5.26 Å². The van der Waals surface area contributed by atoms with Gasteiger partial charge in [-0.1, -0.05) is 28.1 Å². The van der Waals surface area contributed by atoms with Gasteiger partial charge in [0.25, 0.3) is 0 Å². The quantitative estimate of drug-likeness (QED) is 0.871. The minimum atomic E-state index is -0.0495. The first-order valence-corrected chi connectivity index (χ1v) is 8.01. The van der Waals surface area contributed by atoms with Crippen molar-refractivity contribution in [1.29, 1.82) is 5.26 Å². The Morgan fingerprint density at radius 2 is 1.96 bits per heavy atom. The van der Waals surface area contributed by atoms with E-state index in [0.717, 1.165) is 21.3 Å². The SMILES string of the molecule is Cc1cc(Br)ccc1NC(=O)CN(C)Cc1ccc(C#N)cc1. The smallest absolute Gasteiger partial charge is 0.238 e. The van der Waals surface area contributed by atoms with Crippen LogP contribution < -0.4 is 5.32 Å². The molecule has 0 fully saturated rings. The van der Waals surface area contributed by atoms with Gasteiger partial charge in [0.1, 0.15) is 0 Å². The number of carbonyl (C=O) groups excluding carboxylic acids is 1. The average molecular weight is 372 g/mol. The maximum absolute atomic E-state index is 12.1. The lowest BCUT2D eigenvalue weighted by Crippen LogP contribution is -2.30. The molecule has 0 saturated carbocycles. The van der Waals surface area contributed by atoms with E-state index in [9.17, 15) is 4.79 Å². The van der Waals surface area contributed by atoms with Crippen LogP contribution in [0.4, 0.5) is 5.69 Å². The summed E-state index contributed by atoms with van der Waals surface area (Å²) in [6.07, 6.45) is 0. The number of halogens is 1. The standard InChI is InChI=1S/C18H18BrN3O/c1-13-9-16(19)7-8-17(13)21-18(23)12-22(2)11-15-5-3-14(10-20)4-6-15/h3-9H,11-12H2,1-2H3,(H,21,23). The van der Waals surface area contributed by atoms with E-state index in [1.807, 2.05) is 49.2 Å². The highest BCUT2D eigenvalue weighted by molar-refractivity contribution is 9.10. The van der Waals surface area contributed by atoms with Gasteiger partial charge in [0.15, 0.2) is 0 Å². The molecule has 2 aromatic carbocycles. The van der Waals surface area contributed by atoms with E-state index in [2.05, 4.69) is 27.3 Å². The number of anilines is 1. The van der Waals surface area contributed by atoms with Crippen molar-refractivity contribution in [3.63, 3.8) is 0 Å². The Morgan fingerprint density at radius 3 is 2.57 bits per heavy atom. The number of hydrogen-bond donors (Lipinski definition) is 1. The fraction of sp³-hybridized carbons (Fsp3) is 0.222. The van der Waals surface area contributed by atoms with E-state index in [4.69, 9.17) is 5.26 Å². The lowest BCUT2D eigenvalue weighted by atomic mass is 10.1. The fourth-order valence-corrected chi connectivity index (χ4v) is 2.73. The van der Waals surface area contributed by atoms with E-state index in [1.165, 1.54) is 0 Å². The number of aryl methyl sites for hydroxylation is 1. The van der Waals surface area contributed by atoms with Crippen molar-refractivity contribution in [3.05, 3.63) is 63.6 Å². The second-order valence-electron chi connectivity index (χ2n) is 5.49. The Hall–Kier alpha value is -2.16. The Bertz CT molecular complexity index is 735. The molecule has 5 heteroatoms. The highest BCUT2D eigenvalue weighted by Gasteiger charge is 2.09. The third-order valence-electron chi connectivity index (χ3n) is 3.41. The third kappa shape index (κ3) is 5.20. The molecule has 0 aliphatic heterocycles. The van der Waals surface area contributed by atoms with Crippen LogP contribution in [0.2, 0.25) is 0 Å². The molecule has 4 nitrogen and oxygen atoms in total. The van der Waals surface area contributed by atoms with Crippen LogP contribution >= 0.6 is 15.9 Å². The normalized spacial score (nSPS) is 10.4. The molecule has 0 aromatic heterocycles. The van der Waals surface area contributed by atoms with Crippen LogP contribution in [0.25, 0.3) is 0 Å². The summed E-state index contributed by atoms with van der Waals surface area (Å²) < 4.78 is 0.992. The predicted octanol–water partition coefficient (Wildman–Crippen LogP) is 3.70. The summed E-state index contributed by atoms with van der Waals surface area (Å²) in [7, 11) is 1.90. The Labute approximate surface area is 144 Å². The molecule has 0 aliphatic carbocycles. The molecule has 23 heavy (non-hydrogen) atoms. The molecule has 118 valence electrons. The van der Waals surface area contributed by atoms with Crippen molar-refractivity contribution < 1.29 is 4.79 Å². The molecule has 1 N–H and O–H groups in total. The van der Waals surface area contributed by atoms with Crippen LogP contribution in [0, 0.1) is 18.3 Å². The topological polar surface area (TPSA) is 56.1 Å². The summed E-state index contributed by atoms with van der Waals surface area (Å²) in [6.45, 7) is 2.91. The van der Waals surface area contributed by atoms with E-state index < -0.39 is 0 Å².